The Hall–Kier alpha value is -2.95. The van der Waals surface area contributed by atoms with Crippen LogP contribution in [-0.2, 0) is 6.42 Å². The van der Waals surface area contributed by atoms with E-state index in [4.69, 9.17) is 4.42 Å². The van der Waals surface area contributed by atoms with Gasteiger partial charge in [0.05, 0.1) is 11.9 Å². The number of aromatic nitrogens is 2. The number of benzene rings is 2. The molecular formula is C18H18N4O. The average molecular weight is 306 g/mol. The zero-order chi connectivity index (χ0) is 15.9. The third kappa shape index (κ3) is 4.03. The van der Waals surface area contributed by atoms with Crippen LogP contribution in [0.2, 0.25) is 0 Å². The summed E-state index contributed by atoms with van der Waals surface area (Å²) >= 11 is 0. The second-order valence-corrected chi connectivity index (χ2v) is 5.11. The molecule has 0 aliphatic heterocycles. The largest absolute Gasteiger partial charge is 0.421 e. The van der Waals surface area contributed by atoms with Crippen molar-refractivity contribution in [2.45, 2.75) is 19.8 Å². The van der Waals surface area contributed by atoms with Crippen molar-refractivity contribution in [2.75, 3.05) is 5.43 Å². The second-order valence-electron chi connectivity index (χ2n) is 5.11. The van der Waals surface area contributed by atoms with Crippen LogP contribution in [0, 0.1) is 0 Å². The van der Waals surface area contributed by atoms with Crippen molar-refractivity contribution in [2.24, 2.45) is 5.10 Å². The molecule has 1 heterocycles. The number of hydrogen-bond donors (Lipinski definition) is 1. The van der Waals surface area contributed by atoms with E-state index in [-0.39, 0.29) is 0 Å². The number of nitrogens with zero attached hydrogens (tertiary/aromatic N) is 3. The first-order chi connectivity index (χ1) is 11.3. The van der Waals surface area contributed by atoms with Crippen LogP contribution in [0.1, 0.15) is 24.8 Å². The fourth-order valence-corrected chi connectivity index (χ4v) is 2.09. The molecule has 3 rings (SSSR count). The van der Waals surface area contributed by atoms with Gasteiger partial charge in [-0.15, -0.1) is 10.2 Å². The predicted molar refractivity (Wildman–Crippen MR) is 91.4 cm³/mol. The minimum absolute atomic E-state index is 0.555. The molecule has 1 N–H and O–H groups in total. The van der Waals surface area contributed by atoms with Crippen molar-refractivity contribution >= 4 is 11.9 Å². The van der Waals surface area contributed by atoms with Crippen LogP contribution in [0.25, 0.3) is 11.5 Å². The van der Waals surface area contributed by atoms with Crippen LogP contribution >= 0.6 is 0 Å². The number of para-hydroxylation sites is 1. The Kier molecular flexibility index (Phi) is 4.79. The van der Waals surface area contributed by atoms with Gasteiger partial charge in [-0.25, -0.2) is 0 Å². The molecule has 0 fully saturated rings. The van der Waals surface area contributed by atoms with Crippen molar-refractivity contribution in [1.82, 2.24) is 10.2 Å². The lowest BCUT2D eigenvalue weighted by atomic mass is 10.1. The summed E-state index contributed by atoms with van der Waals surface area (Å²) in [5.74, 6) is 1.24. The summed E-state index contributed by atoms with van der Waals surface area (Å²) in [5.41, 5.74) is 5.84. The Morgan fingerprint density at radius 3 is 2.57 bits per heavy atom. The van der Waals surface area contributed by atoms with Crippen molar-refractivity contribution in [1.29, 1.82) is 0 Å². The Balaban J connectivity index is 1.64. The lowest BCUT2D eigenvalue weighted by Gasteiger charge is -1.99. The van der Waals surface area contributed by atoms with Crippen LogP contribution in [0.4, 0.5) is 5.69 Å². The summed E-state index contributed by atoms with van der Waals surface area (Å²) in [5, 5.41) is 12.3. The fraction of sp³-hybridized carbons (Fsp3) is 0.167. The van der Waals surface area contributed by atoms with E-state index in [1.54, 1.807) is 6.21 Å². The highest BCUT2D eigenvalue weighted by Gasteiger charge is 2.07. The van der Waals surface area contributed by atoms with Gasteiger partial charge in [0.25, 0.3) is 0 Å². The zero-order valence-electron chi connectivity index (χ0n) is 12.9. The van der Waals surface area contributed by atoms with E-state index in [9.17, 15) is 0 Å². The summed E-state index contributed by atoms with van der Waals surface area (Å²) in [6, 6.07) is 17.7. The van der Waals surface area contributed by atoms with Gasteiger partial charge >= 0.3 is 0 Å². The molecule has 0 bridgehead atoms. The maximum Gasteiger partial charge on any atom is 0.247 e. The number of rotatable bonds is 6. The minimum atomic E-state index is 0.555. The van der Waals surface area contributed by atoms with Gasteiger partial charge < -0.3 is 4.42 Å². The zero-order valence-corrected chi connectivity index (χ0v) is 12.9. The van der Waals surface area contributed by atoms with E-state index in [1.165, 1.54) is 0 Å². The van der Waals surface area contributed by atoms with Gasteiger partial charge in [-0.1, -0.05) is 37.3 Å². The molecule has 116 valence electrons. The molecule has 0 amide bonds. The van der Waals surface area contributed by atoms with Crippen LogP contribution < -0.4 is 5.43 Å². The lowest BCUT2D eigenvalue weighted by Crippen LogP contribution is -1.90. The third-order valence-electron chi connectivity index (χ3n) is 3.27. The molecule has 0 atom stereocenters. The molecule has 0 radical (unpaired) electrons. The predicted octanol–water partition coefficient (Wildman–Crippen LogP) is 4.14. The maximum absolute atomic E-state index is 5.62. The highest BCUT2D eigenvalue weighted by molar-refractivity contribution is 5.81. The quantitative estimate of drug-likeness (QED) is 0.549. The molecule has 23 heavy (non-hydrogen) atoms. The molecule has 5 heteroatoms. The van der Waals surface area contributed by atoms with Gasteiger partial charge in [-0.3, -0.25) is 5.43 Å². The summed E-state index contributed by atoms with van der Waals surface area (Å²) in [7, 11) is 0. The smallest absolute Gasteiger partial charge is 0.247 e. The van der Waals surface area contributed by atoms with Crippen LogP contribution in [0.5, 0.6) is 0 Å². The second kappa shape index (κ2) is 7.35. The van der Waals surface area contributed by atoms with Gasteiger partial charge in [0.15, 0.2) is 0 Å². The molecule has 0 saturated heterocycles. The summed E-state index contributed by atoms with van der Waals surface area (Å²) in [4.78, 5) is 0. The maximum atomic E-state index is 5.62. The number of aryl methyl sites for hydroxylation is 1. The molecule has 5 nitrogen and oxygen atoms in total. The Morgan fingerprint density at radius 1 is 1.04 bits per heavy atom. The molecule has 0 spiro atoms. The Labute approximate surface area is 135 Å². The van der Waals surface area contributed by atoms with E-state index in [1.807, 2.05) is 54.6 Å². The van der Waals surface area contributed by atoms with Gasteiger partial charge in [-0.2, -0.15) is 5.10 Å². The van der Waals surface area contributed by atoms with Crippen molar-refractivity contribution in [3.05, 3.63) is 66.1 Å². The molecule has 0 aliphatic rings. The lowest BCUT2D eigenvalue weighted by molar-refractivity contribution is 0.502. The van der Waals surface area contributed by atoms with E-state index >= 15 is 0 Å². The van der Waals surface area contributed by atoms with Gasteiger partial charge in [0, 0.05) is 12.0 Å². The molecule has 3 aromatic rings. The molecule has 2 aromatic carbocycles. The highest BCUT2D eigenvalue weighted by Crippen LogP contribution is 2.18. The SMILES string of the molecule is CCCc1nnc(-c2ccc(C=NNc3ccccc3)cc2)o1. The molecule has 0 saturated carbocycles. The summed E-state index contributed by atoms with van der Waals surface area (Å²) in [6.45, 7) is 2.08. The molecule has 1 aromatic heterocycles. The first-order valence-electron chi connectivity index (χ1n) is 7.62. The third-order valence-corrected chi connectivity index (χ3v) is 3.27. The van der Waals surface area contributed by atoms with Gasteiger partial charge in [0.1, 0.15) is 0 Å². The van der Waals surface area contributed by atoms with Crippen LogP contribution in [-0.4, -0.2) is 16.4 Å². The van der Waals surface area contributed by atoms with Crippen LogP contribution in [0.15, 0.2) is 64.1 Å². The van der Waals surface area contributed by atoms with E-state index in [0.29, 0.717) is 11.8 Å². The number of anilines is 1. The van der Waals surface area contributed by atoms with Crippen molar-refractivity contribution in [3.63, 3.8) is 0 Å². The van der Waals surface area contributed by atoms with Crippen molar-refractivity contribution < 1.29 is 4.42 Å². The normalized spacial score (nSPS) is 11.0. The summed E-state index contributed by atoms with van der Waals surface area (Å²) < 4.78 is 5.62. The van der Waals surface area contributed by atoms with E-state index in [2.05, 4.69) is 27.6 Å². The molecule has 0 unspecified atom stereocenters. The minimum Gasteiger partial charge on any atom is -0.421 e. The first-order valence-corrected chi connectivity index (χ1v) is 7.62. The number of hydrazone groups is 1. The monoisotopic (exact) mass is 306 g/mol. The first kappa shape index (κ1) is 15.0. The standard InChI is InChI=1S/C18H18N4O/c1-2-6-17-21-22-18(23-17)15-11-9-14(10-12-15)13-19-20-16-7-4-3-5-8-16/h3-5,7-13,20H,2,6H2,1H3. The van der Waals surface area contributed by atoms with E-state index < -0.39 is 0 Å². The fourth-order valence-electron chi connectivity index (χ4n) is 2.09. The molecular weight excluding hydrogens is 288 g/mol. The van der Waals surface area contributed by atoms with Crippen LogP contribution in [0.3, 0.4) is 0 Å². The van der Waals surface area contributed by atoms with Gasteiger partial charge in [0.2, 0.25) is 11.8 Å². The number of hydrogen-bond acceptors (Lipinski definition) is 5. The molecule has 0 aliphatic carbocycles. The average Bonchev–Trinajstić information content (AvgIpc) is 3.06. The highest BCUT2D eigenvalue weighted by atomic mass is 16.4. The Morgan fingerprint density at radius 2 is 1.83 bits per heavy atom. The van der Waals surface area contributed by atoms with Crippen molar-refractivity contribution in [3.8, 4) is 11.5 Å². The Bertz CT molecular complexity index is 763. The summed E-state index contributed by atoms with van der Waals surface area (Å²) in [6.07, 6.45) is 3.57. The number of nitrogens with one attached hydrogen (secondary N) is 1. The van der Waals surface area contributed by atoms with E-state index in [0.717, 1.165) is 29.7 Å². The van der Waals surface area contributed by atoms with Gasteiger partial charge in [-0.05, 0) is 36.2 Å². The topological polar surface area (TPSA) is 63.3 Å².